The van der Waals surface area contributed by atoms with Gasteiger partial charge in [0.1, 0.15) is 18.1 Å². The van der Waals surface area contributed by atoms with Gasteiger partial charge in [0.25, 0.3) is 11.5 Å². The lowest BCUT2D eigenvalue weighted by Gasteiger charge is -2.26. The van der Waals surface area contributed by atoms with Crippen molar-refractivity contribution >= 4 is 49.1 Å². The summed E-state index contributed by atoms with van der Waals surface area (Å²) in [5.74, 6) is -0.327. The highest BCUT2D eigenvalue weighted by molar-refractivity contribution is 7.89. The molecule has 0 spiro atoms. The third-order valence-electron chi connectivity index (χ3n) is 7.47. The predicted molar refractivity (Wildman–Crippen MR) is 169 cm³/mol. The van der Waals surface area contributed by atoms with E-state index in [1.165, 1.54) is 11.3 Å². The van der Waals surface area contributed by atoms with Crippen molar-refractivity contribution in [3.8, 4) is 11.4 Å². The number of aryl methyl sites for hydroxylation is 1. The van der Waals surface area contributed by atoms with Gasteiger partial charge in [-0.05, 0) is 36.8 Å². The van der Waals surface area contributed by atoms with Crippen LogP contribution in [-0.4, -0.2) is 79.1 Å². The van der Waals surface area contributed by atoms with Crippen molar-refractivity contribution in [1.29, 1.82) is 0 Å². The van der Waals surface area contributed by atoms with Crippen molar-refractivity contribution in [2.45, 2.75) is 13.5 Å². The fourth-order valence-electron chi connectivity index (χ4n) is 5.47. The molecule has 1 aliphatic rings. The number of fused-ring (bicyclic) bond motifs is 2. The van der Waals surface area contributed by atoms with Gasteiger partial charge in [0.15, 0.2) is 0 Å². The molecular formula is C30H31N5O7S2. The number of amides is 1. The Morgan fingerprint density at radius 3 is 2.66 bits per heavy atom. The molecule has 1 saturated heterocycles. The van der Waals surface area contributed by atoms with Crippen LogP contribution in [0.2, 0.25) is 0 Å². The number of morpholine rings is 1. The minimum atomic E-state index is -3.99. The summed E-state index contributed by atoms with van der Waals surface area (Å²) in [6, 6.07) is 12.8. The number of H-pyrrole nitrogens is 1. The predicted octanol–water partition coefficient (Wildman–Crippen LogP) is 2.45. The van der Waals surface area contributed by atoms with E-state index >= 15 is 0 Å². The molecule has 2 N–H and O–H groups in total. The molecule has 0 unspecified atom stereocenters. The number of aromatic nitrogens is 3. The van der Waals surface area contributed by atoms with Gasteiger partial charge in [0.2, 0.25) is 10.0 Å². The monoisotopic (exact) mass is 637 g/mol. The number of benzene rings is 2. The lowest BCUT2D eigenvalue weighted by atomic mass is 10.1. The van der Waals surface area contributed by atoms with Gasteiger partial charge in [0.05, 0.1) is 41.6 Å². The van der Waals surface area contributed by atoms with Crippen LogP contribution in [0.15, 0.2) is 62.8 Å². The molecule has 44 heavy (non-hydrogen) atoms. The molecule has 0 atom stereocenters. The second kappa shape index (κ2) is 12.0. The smallest absolute Gasteiger partial charge is 0.333 e. The van der Waals surface area contributed by atoms with Crippen LogP contribution in [0.5, 0.6) is 5.75 Å². The summed E-state index contributed by atoms with van der Waals surface area (Å²) in [6.45, 7) is 6.34. The molecule has 2 aromatic carbocycles. The van der Waals surface area contributed by atoms with Crippen LogP contribution < -0.4 is 20.7 Å². The number of sulfonamides is 1. The van der Waals surface area contributed by atoms with E-state index in [1.807, 2.05) is 42.0 Å². The molecular weight excluding hydrogens is 606 g/mol. The molecule has 5 aromatic rings. The molecule has 1 fully saturated rings. The minimum absolute atomic E-state index is 0.00196. The molecule has 14 heteroatoms. The van der Waals surface area contributed by atoms with E-state index in [0.29, 0.717) is 42.0 Å². The standard InChI is InChI=1S/C30H31N5O7S2/c1-19-6-7-25-22(14-19)26(35-29(37)23-17-43-18-24(23)31-30(35)38)27(28(36)32-44(2,39)40)34(25)16-20-4-3-5-21(15-20)42-13-10-33-8-11-41-12-9-33/h3-7,14-15,17-18H,8-13,16H2,1-2H3,(H,31,38)(H,32,36). The molecule has 3 aromatic heterocycles. The zero-order chi connectivity index (χ0) is 31.0. The Labute approximate surface area is 256 Å². The van der Waals surface area contributed by atoms with Gasteiger partial charge in [-0.2, -0.15) is 0 Å². The second-order valence-electron chi connectivity index (χ2n) is 10.7. The zero-order valence-electron chi connectivity index (χ0n) is 24.2. The van der Waals surface area contributed by atoms with E-state index < -0.39 is 27.2 Å². The zero-order valence-corrected chi connectivity index (χ0v) is 25.8. The highest BCUT2D eigenvalue weighted by atomic mass is 32.2. The molecule has 1 amide bonds. The summed E-state index contributed by atoms with van der Waals surface area (Å²) < 4.78 is 40.5. The van der Waals surface area contributed by atoms with Crippen LogP contribution >= 0.6 is 11.3 Å². The highest BCUT2D eigenvalue weighted by Gasteiger charge is 2.28. The van der Waals surface area contributed by atoms with Gasteiger partial charge >= 0.3 is 5.69 Å². The first-order valence-electron chi connectivity index (χ1n) is 14.0. The summed E-state index contributed by atoms with van der Waals surface area (Å²) >= 11 is 1.26. The second-order valence-corrected chi connectivity index (χ2v) is 13.2. The quantitative estimate of drug-likeness (QED) is 0.251. The largest absolute Gasteiger partial charge is 0.492 e. The topological polar surface area (TPSA) is 145 Å². The van der Waals surface area contributed by atoms with Gasteiger partial charge in [-0.1, -0.05) is 23.8 Å². The molecule has 4 heterocycles. The van der Waals surface area contributed by atoms with Gasteiger partial charge < -0.3 is 19.0 Å². The number of nitrogens with one attached hydrogen (secondary N) is 2. The maximum absolute atomic E-state index is 13.7. The number of ether oxygens (including phenoxy) is 2. The van der Waals surface area contributed by atoms with Crippen LogP contribution in [0.25, 0.3) is 27.5 Å². The molecule has 230 valence electrons. The Kier molecular flexibility index (Phi) is 8.16. The van der Waals surface area contributed by atoms with E-state index in [1.54, 1.807) is 27.5 Å². The van der Waals surface area contributed by atoms with Crippen LogP contribution in [-0.2, 0) is 21.3 Å². The normalized spacial score (nSPS) is 14.3. The van der Waals surface area contributed by atoms with Crippen molar-refractivity contribution in [2.24, 2.45) is 0 Å². The van der Waals surface area contributed by atoms with E-state index in [2.05, 4.69) is 9.88 Å². The Bertz CT molecular complexity index is 2100. The highest BCUT2D eigenvalue weighted by Crippen LogP contribution is 2.31. The van der Waals surface area contributed by atoms with Crippen LogP contribution in [0, 0.1) is 6.92 Å². The summed E-state index contributed by atoms with van der Waals surface area (Å²) in [4.78, 5) is 45.8. The first-order chi connectivity index (χ1) is 21.1. The average molecular weight is 638 g/mol. The Morgan fingerprint density at radius 2 is 1.89 bits per heavy atom. The maximum Gasteiger partial charge on any atom is 0.333 e. The van der Waals surface area contributed by atoms with Crippen molar-refractivity contribution in [2.75, 3.05) is 45.7 Å². The Hall–Kier alpha value is -4.24. The fourth-order valence-corrected chi connectivity index (χ4v) is 6.66. The van der Waals surface area contributed by atoms with E-state index in [9.17, 15) is 22.8 Å². The first-order valence-corrected chi connectivity index (χ1v) is 16.8. The number of thiophene rings is 1. The van der Waals surface area contributed by atoms with Crippen LogP contribution in [0.1, 0.15) is 21.6 Å². The number of rotatable bonds is 9. The van der Waals surface area contributed by atoms with Gasteiger partial charge in [-0.15, -0.1) is 11.3 Å². The molecule has 6 rings (SSSR count). The van der Waals surface area contributed by atoms with Gasteiger partial charge in [-0.25, -0.2) is 22.5 Å². The summed E-state index contributed by atoms with van der Waals surface area (Å²) in [5.41, 5.74) is 1.01. The van der Waals surface area contributed by atoms with Crippen molar-refractivity contribution in [3.63, 3.8) is 0 Å². The molecule has 12 nitrogen and oxygen atoms in total. The number of carbonyl (C=O) groups is 1. The molecule has 1 aliphatic heterocycles. The number of nitrogens with zero attached hydrogens (tertiary/aromatic N) is 3. The summed E-state index contributed by atoms with van der Waals surface area (Å²) in [5, 5.41) is 4.00. The van der Waals surface area contributed by atoms with E-state index in [-0.39, 0.29) is 23.3 Å². The van der Waals surface area contributed by atoms with Crippen LogP contribution in [0.4, 0.5) is 0 Å². The minimum Gasteiger partial charge on any atom is -0.492 e. The lowest BCUT2D eigenvalue weighted by molar-refractivity contribution is 0.0322. The van der Waals surface area contributed by atoms with Crippen LogP contribution in [0.3, 0.4) is 0 Å². The van der Waals surface area contributed by atoms with Gasteiger partial charge in [0, 0.05) is 42.3 Å². The molecule has 0 aliphatic carbocycles. The summed E-state index contributed by atoms with van der Waals surface area (Å²) in [6.07, 6.45) is 0.871. The van der Waals surface area contributed by atoms with Crippen molar-refractivity contribution in [3.05, 3.63) is 90.9 Å². The summed E-state index contributed by atoms with van der Waals surface area (Å²) in [7, 11) is -3.99. The fraction of sp³-hybridized carbons (Fsp3) is 0.300. The Balaban J connectivity index is 1.47. The van der Waals surface area contributed by atoms with Crippen molar-refractivity contribution < 1.29 is 22.7 Å². The molecule has 0 saturated carbocycles. The number of hydrogen-bond acceptors (Lipinski definition) is 9. The van der Waals surface area contributed by atoms with E-state index in [0.717, 1.165) is 41.6 Å². The molecule has 0 bridgehead atoms. The average Bonchev–Trinajstić information content (AvgIpc) is 3.56. The van der Waals surface area contributed by atoms with Gasteiger partial charge in [-0.3, -0.25) is 14.5 Å². The van der Waals surface area contributed by atoms with E-state index in [4.69, 9.17) is 9.47 Å². The first kappa shape index (κ1) is 29.8. The number of hydrogen-bond donors (Lipinski definition) is 2. The third-order valence-corrected chi connectivity index (χ3v) is 8.77. The Morgan fingerprint density at radius 1 is 1.09 bits per heavy atom. The molecule has 0 radical (unpaired) electrons. The maximum atomic E-state index is 13.7. The number of aromatic amines is 1. The lowest BCUT2D eigenvalue weighted by Crippen LogP contribution is -2.38. The third kappa shape index (κ3) is 6.06. The van der Waals surface area contributed by atoms with Crippen molar-refractivity contribution in [1.82, 2.24) is 23.7 Å². The number of carbonyl (C=O) groups excluding carboxylic acids is 1. The SMILES string of the molecule is Cc1ccc2c(c1)c(-n1c(=O)[nH]c3cscc3c1=O)c(C(=O)NS(C)(=O)=O)n2Cc1cccc(OCCN2CCOCC2)c1.